The van der Waals surface area contributed by atoms with Gasteiger partial charge in [-0.1, -0.05) is 6.42 Å². The summed E-state index contributed by atoms with van der Waals surface area (Å²) in [5.74, 6) is -1.00. The van der Waals surface area contributed by atoms with Crippen LogP contribution in [-0.2, 0) is 9.59 Å². The first kappa shape index (κ1) is 15.3. The highest BCUT2D eigenvalue weighted by atomic mass is 16.4. The Morgan fingerprint density at radius 2 is 1.60 bits per heavy atom. The van der Waals surface area contributed by atoms with E-state index in [-0.39, 0.29) is 17.7 Å². The maximum atomic E-state index is 12.6. The lowest BCUT2D eigenvalue weighted by Crippen LogP contribution is -2.57. The maximum absolute atomic E-state index is 12.6. The van der Waals surface area contributed by atoms with Crippen molar-refractivity contribution in [1.29, 1.82) is 0 Å². The predicted octanol–water partition coefficient (Wildman–Crippen LogP) is 1.43. The zero-order valence-electron chi connectivity index (χ0n) is 12.7. The predicted molar refractivity (Wildman–Crippen MR) is 76.4 cm³/mol. The summed E-state index contributed by atoms with van der Waals surface area (Å²) in [6, 6.07) is 0.725. The molecule has 0 aromatic rings. The molecular formula is C15H26N2O3. The molecule has 1 heterocycles. The summed E-state index contributed by atoms with van der Waals surface area (Å²) in [4.78, 5) is 28.0. The number of carbonyl (C=O) groups excluding carboxylic acids is 1. The molecule has 4 atom stereocenters. The highest BCUT2D eigenvalue weighted by Gasteiger charge is 2.36. The number of carbonyl (C=O) groups is 2. The van der Waals surface area contributed by atoms with Crippen molar-refractivity contribution in [3.8, 4) is 0 Å². The van der Waals surface area contributed by atoms with Gasteiger partial charge in [-0.25, -0.2) is 0 Å². The molecule has 2 aliphatic rings. The Bertz CT molecular complexity index is 373. The lowest BCUT2D eigenvalue weighted by Gasteiger charge is -2.44. The van der Waals surface area contributed by atoms with Crippen LogP contribution in [0.3, 0.4) is 0 Å². The van der Waals surface area contributed by atoms with Crippen molar-refractivity contribution in [2.75, 3.05) is 20.1 Å². The van der Waals surface area contributed by atoms with Gasteiger partial charge in [-0.2, -0.15) is 0 Å². The Hall–Kier alpha value is -1.10. The third kappa shape index (κ3) is 3.14. The van der Waals surface area contributed by atoms with Gasteiger partial charge < -0.3 is 10.0 Å². The molecule has 0 bridgehead atoms. The number of aliphatic carboxylic acids is 1. The standard InChI is InChI=1S/C15H26N2O3/c1-10-8-17(9-11(2)16(10)3)14(18)12-5-4-6-13(7-12)15(19)20/h10-13H,4-9H2,1-3H3,(H,19,20). The van der Waals surface area contributed by atoms with Crippen molar-refractivity contribution in [2.24, 2.45) is 11.8 Å². The maximum Gasteiger partial charge on any atom is 0.306 e. The second-order valence-corrected chi connectivity index (χ2v) is 6.51. The molecule has 20 heavy (non-hydrogen) atoms. The third-order valence-electron chi connectivity index (χ3n) is 5.04. The van der Waals surface area contributed by atoms with Gasteiger partial charge in [-0.05, 0) is 40.2 Å². The van der Waals surface area contributed by atoms with E-state index in [2.05, 4.69) is 25.8 Å². The van der Waals surface area contributed by atoms with Crippen LogP contribution in [0.5, 0.6) is 0 Å². The van der Waals surface area contributed by atoms with E-state index in [1.807, 2.05) is 4.90 Å². The van der Waals surface area contributed by atoms with Crippen LogP contribution in [0.1, 0.15) is 39.5 Å². The first-order valence-corrected chi connectivity index (χ1v) is 7.63. The molecule has 5 heteroatoms. The molecule has 5 nitrogen and oxygen atoms in total. The summed E-state index contributed by atoms with van der Waals surface area (Å²) < 4.78 is 0. The van der Waals surface area contributed by atoms with Gasteiger partial charge in [-0.3, -0.25) is 14.5 Å². The zero-order chi connectivity index (χ0) is 14.9. The van der Waals surface area contributed by atoms with Gasteiger partial charge in [0, 0.05) is 31.1 Å². The van der Waals surface area contributed by atoms with Crippen molar-refractivity contribution < 1.29 is 14.7 Å². The Labute approximate surface area is 120 Å². The second-order valence-electron chi connectivity index (χ2n) is 6.51. The molecule has 1 N–H and O–H groups in total. The normalized spacial score (nSPS) is 35.9. The molecule has 0 aromatic carbocycles. The fourth-order valence-corrected chi connectivity index (χ4v) is 3.48. The van der Waals surface area contributed by atoms with Crippen LogP contribution in [0, 0.1) is 11.8 Å². The molecule has 114 valence electrons. The van der Waals surface area contributed by atoms with Crippen molar-refractivity contribution in [1.82, 2.24) is 9.80 Å². The van der Waals surface area contributed by atoms with Crippen LogP contribution in [0.2, 0.25) is 0 Å². The Kier molecular flexibility index (Phi) is 4.68. The van der Waals surface area contributed by atoms with Gasteiger partial charge in [0.2, 0.25) is 5.91 Å². The van der Waals surface area contributed by atoms with E-state index in [0.29, 0.717) is 24.9 Å². The van der Waals surface area contributed by atoms with Gasteiger partial charge in [0.25, 0.3) is 0 Å². The SMILES string of the molecule is CC1CN(C(=O)C2CCCC(C(=O)O)C2)CC(C)N1C. The average molecular weight is 282 g/mol. The highest BCUT2D eigenvalue weighted by Crippen LogP contribution is 2.31. The number of carboxylic acid groups (broad SMARTS) is 1. The third-order valence-corrected chi connectivity index (χ3v) is 5.04. The van der Waals surface area contributed by atoms with Crippen LogP contribution in [0.25, 0.3) is 0 Å². The molecule has 1 amide bonds. The van der Waals surface area contributed by atoms with Gasteiger partial charge in [0.05, 0.1) is 5.92 Å². The van der Waals surface area contributed by atoms with Crippen LogP contribution in [-0.4, -0.2) is 59.0 Å². The topological polar surface area (TPSA) is 60.9 Å². The molecule has 0 spiro atoms. The smallest absolute Gasteiger partial charge is 0.306 e. The summed E-state index contributed by atoms with van der Waals surface area (Å²) in [6.07, 6.45) is 2.93. The molecule has 4 unspecified atom stereocenters. The Morgan fingerprint density at radius 1 is 1.05 bits per heavy atom. The van der Waals surface area contributed by atoms with Crippen LogP contribution in [0.15, 0.2) is 0 Å². The molecule has 0 radical (unpaired) electrons. The average Bonchev–Trinajstić information content (AvgIpc) is 2.43. The molecule has 1 aliphatic heterocycles. The Balaban J connectivity index is 1.98. The molecule has 1 aliphatic carbocycles. The number of amides is 1. The van der Waals surface area contributed by atoms with E-state index in [4.69, 9.17) is 5.11 Å². The number of rotatable bonds is 2. The van der Waals surface area contributed by atoms with Crippen LogP contribution >= 0.6 is 0 Å². The molecule has 2 rings (SSSR count). The molecule has 1 saturated heterocycles. The number of piperazine rings is 1. The van der Waals surface area contributed by atoms with E-state index >= 15 is 0 Å². The fraction of sp³-hybridized carbons (Fsp3) is 0.867. The minimum atomic E-state index is -0.748. The lowest BCUT2D eigenvalue weighted by atomic mass is 9.80. The number of carboxylic acids is 1. The van der Waals surface area contributed by atoms with E-state index in [9.17, 15) is 9.59 Å². The molecule has 1 saturated carbocycles. The first-order chi connectivity index (χ1) is 9.40. The Morgan fingerprint density at radius 3 is 2.15 bits per heavy atom. The quantitative estimate of drug-likeness (QED) is 0.832. The highest BCUT2D eigenvalue weighted by molar-refractivity contribution is 5.80. The number of hydrogen-bond donors (Lipinski definition) is 1. The zero-order valence-corrected chi connectivity index (χ0v) is 12.7. The lowest BCUT2D eigenvalue weighted by molar-refractivity contribution is -0.146. The number of nitrogens with zero attached hydrogens (tertiary/aromatic N) is 2. The fourth-order valence-electron chi connectivity index (χ4n) is 3.48. The van der Waals surface area contributed by atoms with Crippen molar-refractivity contribution in [3.05, 3.63) is 0 Å². The summed E-state index contributed by atoms with van der Waals surface area (Å²) in [6.45, 7) is 5.79. The molecule has 0 aromatic heterocycles. The minimum absolute atomic E-state index is 0.0901. The van der Waals surface area contributed by atoms with Crippen LogP contribution in [0.4, 0.5) is 0 Å². The van der Waals surface area contributed by atoms with Gasteiger partial charge >= 0.3 is 5.97 Å². The summed E-state index contributed by atoms with van der Waals surface area (Å²) in [7, 11) is 2.10. The van der Waals surface area contributed by atoms with E-state index in [0.717, 1.165) is 25.9 Å². The van der Waals surface area contributed by atoms with Crippen molar-refractivity contribution in [3.63, 3.8) is 0 Å². The monoisotopic (exact) mass is 282 g/mol. The summed E-state index contributed by atoms with van der Waals surface area (Å²) in [5.41, 5.74) is 0. The first-order valence-electron chi connectivity index (χ1n) is 7.63. The van der Waals surface area contributed by atoms with E-state index < -0.39 is 5.97 Å². The van der Waals surface area contributed by atoms with Crippen LogP contribution < -0.4 is 0 Å². The van der Waals surface area contributed by atoms with Crippen molar-refractivity contribution in [2.45, 2.75) is 51.6 Å². The summed E-state index contributed by atoms with van der Waals surface area (Å²) in [5, 5.41) is 9.14. The number of hydrogen-bond acceptors (Lipinski definition) is 3. The van der Waals surface area contributed by atoms with E-state index in [1.54, 1.807) is 0 Å². The van der Waals surface area contributed by atoms with Gasteiger partial charge in [0.1, 0.15) is 0 Å². The molecule has 2 fully saturated rings. The van der Waals surface area contributed by atoms with Gasteiger partial charge in [0.15, 0.2) is 0 Å². The number of likely N-dealkylation sites (N-methyl/N-ethyl adjacent to an activating group) is 1. The molecular weight excluding hydrogens is 256 g/mol. The van der Waals surface area contributed by atoms with Gasteiger partial charge in [-0.15, -0.1) is 0 Å². The largest absolute Gasteiger partial charge is 0.481 e. The van der Waals surface area contributed by atoms with E-state index in [1.165, 1.54) is 0 Å². The summed E-state index contributed by atoms with van der Waals surface area (Å²) >= 11 is 0. The minimum Gasteiger partial charge on any atom is -0.481 e. The van der Waals surface area contributed by atoms with Crippen molar-refractivity contribution >= 4 is 11.9 Å². The second kappa shape index (κ2) is 6.12.